The van der Waals surface area contributed by atoms with Gasteiger partial charge in [-0.1, -0.05) is 17.8 Å². The summed E-state index contributed by atoms with van der Waals surface area (Å²) >= 11 is 1.83. The standard InChI is InChI=1S/C11H14N4S/c1-2-7-15-10(5-1)13-14-11(15)16-9-4-3-6-12-8-9/h1-2,5,7,9,12H,3-4,6,8H2. The van der Waals surface area contributed by atoms with Gasteiger partial charge in [-0.15, -0.1) is 10.2 Å². The predicted octanol–water partition coefficient (Wildman–Crippen LogP) is 1.57. The Morgan fingerprint density at radius 1 is 1.38 bits per heavy atom. The summed E-state index contributed by atoms with van der Waals surface area (Å²) in [5, 5.41) is 13.4. The van der Waals surface area contributed by atoms with E-state index in [1.54, 1.807) is 0 Å². The number of aromatic nitrogens is 3. The van der Waals surface area contributed by atoms with Gasteiger partial charge in [-0.3, -0.25) is 4.40 Å². The number of hydrogen-bond donors (Lipinski definition) is 1. The van der Waals surface area contributed by atoms with E-state index in [9.17, 15) is 0 Å². The van der Waals surface area contributed by atoms with Crippen molar-refractivity contribution >= 4 is 17.4 Å². The van der Waals surface area contributed by atoms with Gasteiger partial charge in [-0.05, 0) is 31.5 Å². The highest BCUT2D eigenvalue weighted by Gasteiger charge is 2.17. The van der Waals surface area contributed by atoms with Gasteiger partial charge in [-0.2, -0.15) is 0 Å². The Hall–Kier alpha value is -1.07. The highest BCUT2D eigenvalue weighted by molar-refractivity contribution is 7.99. The summed E-state index contributed by atoms with van der Waals surface area (Å²) in [5.74, 6) is 0. The van der Waals surface area contributed by atoms with Crippen molar-refractivity contribution in [1.82, 2.24) is 19.9 Å². The first kappa shape index (κ1) is 10.1. The number of pyridine rings is 1. The maximum atomic E-state index is 4.24. The van der Waals surface area contributed by atoms with Gasteiger partial charge in [0.15, 0.2) is 10.8 Å². The molecule has 2 aromatic rings. The van der Waals surface area contributed by atoms with Crippen molar-refractivity contribution in [2.24, 2.45) is 0 Å². The first-order valence-corrected chi connectivity index (χ1v) is 6.48. The van der Waals surface area contributed by atoms with Crippen LogP contribution < -0.4 is 5.32 Å². The summed E-state index contributed by atoms with van der Waals surface area (Å²) in [7, 11) is 0. The second-order valence-corrected chi connectivity index (χ2v) is 5.27. The molecule has 4 nitrogen and oxygen atoms in total. The van der Waals surface area contributed by atoms with E-state index in [0.29, 0.717) is 5.25 Å². The van der Waals surface area contributed by atoms with E-state index in [4.69, 9.17) is 0 Å². The van der Waals surface area contributed by atoms with E-state index in [2.05, 4.69) is 19.9 Å². The summed E-state index contributed by atoms with van der Waals surface area (Å²) in [6, 6.07) is 5.98. The van der Waals surface area contributed by atoms with Crippen molar-refractivity contribution in [3.8, 4) is 0 Å². The number of piperidine rings is 1. The van der Waals surface area contributed by atoms with Crippen LogP contribution in [0.25, 0.3) is 5.65 Å². The number of nitrogens with one attached hydrogen (secondary N) is 1. The van der Waals surface area contributed by atoms with Crippen molar-refractivity contribution in [1.29, 1.82) is 0 Å². The molecule has 1 saturated heterocycles. The number of rotatable bonds is 2. The second kappa shape index (κ2) is 4.43. The van der Waals surface area contributed by atoms with Crippen molar-refractivity contribution in [2.75, 3.05) is 13.1 Å². The van der Waals surface area contributed by atoms with Crippen LogP contribution in [0.3, 0.4) is 0 Å². The molecular formula is C11H14N4S. The largest absolute Gasteiger partial charge is 0.316 e. The van der Waals surface area contributed by atoms with Crippen LogP contribution in [0.5, 0.6) is 0 Å². The number of thioether (sulfide) groups is 1. The second-order valence-electron chi connectivity index (χ2n) is 4.00. The Morgan fingerprint density at radius 2 is 2.38 bits per heavy atom. The van der Waals surface area contributed by atoms with Gasteiger partial charge in [0.05, 0.1) is 0 Å². The topological polar surface area (TPSA) is 42.2 Å². The number of hydrogen-bond acceptors (Lipinski definition) is 4. The zero-order chi connectivity index (χ0) is 10.8. The lowest BCUT2D eigenvalue weighted by Gasteiger charge is -2.21. The molecule has 3 heterocycles. The zero-order valence-corrected chi connectivity index (χ0v) is 9.78. The lowest BCUT2D eigenvalue weighted by atomic mass is 10.2. The molecule has 0 aromatic carbocycles. The Balaban J connectivity index is 1.83. The molecule has 1 fully saturated rings. The third kappa shape index (κ3) is 1.92. The maximum absolute atomic E-state index is 4.24. The van der Waals surface area contributed by atoms with E-state index in [-0.39, 0.29) is 0 Å². The minimum absolute atomic E-state index is 0.626. The van der Waals surface area contributed by atoms with E-state index in [1.165, 1.54) is 12.8 Å². The average Bonchev–Trinajstić information content (AvgIpc) is 2.74. The molecule has 1 aliphatic heterocycles. The molecule has 0 aliphatic carbocycles. The van der Waals surface area contributed by atoms with Crippen molar-refractivity contribution in [3.05, 3.63) is 24.4 Å². The summed E-state index contributed by atoms with van der Waals surface area (Å²) in [6.07, 6.45) is 4.54. The van der Waals surface area contributed by atoms with Crippen LogP contribution in [0.15, 0.2) is 29.6 Å². The van der Waals surface area contributed by atoms with Crippen molar-refractivity contribution < 1.29 is 0 Å². The zero-order valence-electron chi connectivity index (χ0n) is 8.97. The third-order valence-electron chi connectivity index (χ3n) is 2.81. The molecule has 2 aromatic heterocycles. The van der Waals surface area contributed by atoms with E-state index < -0.39 is 0 Å². The molecular weight excluding hydrogens is 220 g/mol. The summed E-state index contributed by atoms with van der Waals surface area (Å²) in [5.41, 5.74) is 0.925. The highest BCUT2D eigenvalue weighted by atomic mass is 32.2. The van der Waals surface area contributed by atoms with Gasteiger partial charge >= 0.3 is 0 Å². The Morgan fingerprint density at radius 3 is 3.25 bits per heavy atom. The lowest BCUT2D eigenvalue weighted by molar-refractivity contribution is 0.530. The van der Waals surface area contributed by atoms with E-state index >= 15 is 0 Å². The quantitative estimate of drug-likeness (QED) is 0.856. The molecule has 1 aliphatic rings. The molecule has 5 heteroatoms. The van der Waals surface area contributed by atoms with Gasteiger partial charge in [-0.25, -0.2) is 0 Å². The van der Waals surface area contributed by atoms with Crippen molar-refractivity contribution in [3.63, 3.8) is 0 Å². The predicted molar refractivity (Wildman–Crippen MR) is 64.7 cm³/mol. The molecule has 3 rings (SSSR count). The van der Waals surface area contributed by atoms with Gasteiger partial charge in [0.2, 0.25) is 0 Å². The molecule has 0 saturated carbocycles. The van der Waals surface area contributed by atoms with Crippen LogP contribution >= 0.6 is 11.8 Å². The fraction of sp³-hybridized carbons (Fsp3) is 0.455. The van der Waals surface area contributed by atoms with E-state index in [1.807, 2.05) is 36.2 Å². The van der Waals surface area contributed by atoms with Crippen LogP contribution in [0.1, 0.15) is 12.8 Å². The first-order chi connectivity index (χ1) is 7.93. The smallest absolute Gasteiger partial charge is 0.195 e. The minimum atomic E-state index is 0.626. The fourth-order valence-electron chi connectivity index (χ4n) is 1.97. The SMILES string of the molecule is c1ccn2c(SC3CCCNC3)nnc2c1. The number of nitrogens with zero attached hydrogens (tertiary/aromatic N) is 3. The van der Waals surface area contributed by atoms with E-state index in [0.717, 1.165) is 23.9 Å². The molecule has 0 amide bonds. The van der Waals surface area contributed by atoms with Gasteiger partial charge in [0, 0.05) is 18.0 Å². The highest BCUT2D eigenvalue weighted by Crippen LogP contribution is 2.25. The van der Waals surface area contributed by atoms with Crippen LogP contribution in [0.4, 0.5) is 0 Å². The van der Waals surface area contributed by atoms with Gasteiger partial charge in [0.1, 0.15) is 0 Å². The number of fused-ring (bicyclic) bond motifs is 1. The Kier molecular flexibility index (Phi) is 2.80. The Labute approximate surface area is 98.4 Å². The van der Waals surface area contributed by atoms with Crippen LogP contribution in [-0.4, -0.2) is 32.9 Å². The van der Waals surface area contributed by atoms with Gasteiger partial charge < -0.3 is 5.32 Å². The molecule has 1 atom stereocenters. The third-order valence-corrected chi connectivity index (χ3v) is 4.03. The monoisotopic (exact) mass is 234 g/mol. The van der Waals surface area contributed by atoms with Crippen LogP contribution in [-0.2, 0) is 0 Å². The molecule has 0 radical (unpaired) electrons. The molecule has 1 unspecified atom stereocenters. The Bertz CT molecular complexity index is 476. The molecule has 16 heavy (non-hydrogen) atoms. The first-order valence-electron chi connectivity index (χ1n) is 5.60. The molecule has 84 valence electrons. The normalized spacial score (nSPS) is 21.4. The van der Waals surface area contributed by atoms with Crippen LogP contribution in [0.2, 0.25) is 0 Å². The summed E-state index contributed by atoms with van der Waals surface area (Å²) < 4.78 is 2.05. The molecule has 0 bridgehead atoms. The van der Waals surface area contributed by atoms with Crippen LogP contribution in [0, 0.1) is 0 Å². The maximum Gasteiger partial charge on any atom is 0.195 e. The molecule has 1 N–H and O–H groups in total. The van der Waals surface area contributed by atoms with Gasteiger partial charge in [0.25, 0.3) is 0 Å². The van der Waals surface area contributed by atoms with Crippen molar-refractivity contribution in [2.45, 2.75) is 23.2 Å². The molecule has 0 spiro atoms. The fourth-order valence-corrected chi connectivity index (χ4v) is 3.11. The summed E-state index contributed by atoms with van der Waals surface area (Å²) in [6.45, 7) is 2.23. The summed E-state index contributed by atoms with van der Waals surface area (Å²) in [4.78, 5) is 0. The lowest BCUT2D eigenvalue weighted by Crippen LogP contribution is -2.31. The average molecular weight is 234 g/mol. The minimum Gasteiger partial charge on any atom is -0.316 e.